The Morgan fingerprint density at radius 3 is 2.52 bits per heavy atom. The van der Waals surface area contributed by atoms with Gasteiger partial charge in [-0.05, 0) is 24.8 Å². The second-order valence-electron chi connectivity index (χ2n) is 6.35. The van der Waals surface area contributed by atoms with Crippen LogP contribution >= 0.6 is 10.0 Å². The predicted molar refractivity (Wildman–Crippen MR) is 92.0 cm³/mol. The molecule has 2 rings (SSSR count). The summed E-state index contributed by atoms with van der Waals surface area (Å²) in [5.41, 5.74) is -1.37. The van der Waals surface area contributed by atoms with Gasteiger partial charge in [0.1, 0.15) is 20.3 Å². The highest BCUT2D eigenvalue weighted by Gasteiger charge is 2.35. The van der Waals surface area contributed by atoms with Crippen LogP contribution in [0.3, 0.4) is 0 Å². The number of pyridine rings is 1. The van der Waals surface area contributed by atoms with Gasteiger partial charge in [0, 0.05) is 18.1 Å². The summed E-state index contributed by atoms with van der Waals surface area (Å²) in [6.45, 7) is 0.203. The third-order valence-electron chi connectivity index (χ3n) is 3.21. The zero-order chi connectivity index (χ0) is 18.8. The summed E-state index contributed by atoms with van der Waals surface area (Å²) >= 11 is 0. The highest BCUT2D eigenvalue weighted by Crippen LogP contribution is 2.34. The molecule has 0 aliphatic heterocycles. The van der Waals surface area contributed by atoms with Gasteiger partial charge in [0.05, 0.1) is 6.61 Å². The molecule has 0 saturated carbocycles. The lowest BCUT2D eigenvalue weighted by Gasteiger charge is -2.24. The number of imidazole rings is 1. The lowest BCUT2D eigenvalue weighted by atomic mass is 9.98. The molecule has 136 valence electrons. The third kappa shape index (κ3) is 5.47. The first-order valence-electron chi connectivity index (χ1n) is 7.27. The van der Waals surface area contributed by atoms with Crippen molar-refractivity contribution >= 4 is 23.3 Å². The van der Waals surface area contributed by atoms with E-state index in [0.717, 1.165) is 28.8 Å². The Hall–Kier alpha value is -1.55. The number of aromatic nitrogens is 3. The molecule has 0 spiro atoms. The topological polar surface area (TPSA) is 39.9 Å². The van der Waals surface area contributed by atoms with Crippen LogP contribution in [0.15, 0.2) is 18.5 Å². The van der Waals surface area contributed by atoms with Gasteiger partial charge in [0.2, 0.25) is 0 Å². The van der Waals surface area contributed by atoms with Crippen molar-refractivity contribution in [3.05, 3.63) is 30.0 Å². The maximum atomic E-state index is 14.1. The van der Waals surface area contributed by atoms with Crippen molar-refractivity contribution in [3.63, 3.8) is 0 Å². The summed E-state index contributed by atoms with van der Waals surface area (Å²) in [5, 5.41) is 0. The maximum absolute atomic E-state index is 14.1. The predicted octanol–water partition coefficient (Wildman–Crippen LogP) is 2.56. The largest absolute Gasteiger partial charge is 0.434 e. The first-order chi connectivity index (χ1) is 11.5. The fraction of sp³-hybridized carbons (Fsp3) is 0.467. The van der Waals surface area contributed by atoms with E-state index in [1.807, 2.05) is 0 Å². The zero-order valence-electron chi connectivity index (χ0n) is 14.1. The molecule has 2 aromatic heterocycles. The van der Waals surface area contributed by atoms with Crippen LogP contribution in [0.1, 0.15) is 5.69 Å². The fourth-order valence-electron chi connectivity index (χ4n) is 1.93. The Morgan fingerprint density at radius 1 is 1.28 bits per heavy atom. The average Bonchev–Trinajstić information content (AvgIpc) is 2.86. The summed E-state index contributed by atoms with van der Waals surface area (Å²) < 4.78 is 59.5. The van der Waals surface area contributed by atoms with E-state index in [9.17, 15) is 17.6 Å². The van der Waals surface area contributed by atoms with Crippen LogP contribution in [0.25, 0.3) is 11.5 Å². The quantitative estimate of drug-likeness (QED) is 0.443. The Balaban J connectivity index is 2.29. The molecule has 2 heterocycles. The Morgan fingerprint density at radius 2 is 1.96 bits per heavy atom. The lowest BCUT2D eigenvalue weighted by molar-refractivity contribution is -0.141. The molecular weight excluding hydrogens is 357 g/mol. The van der Waals surface area contributed by atoms with Gasteiger partial charge in [0.15, 0.2) is 17.3 Å². The maximum Gasteiger partial charge on any atom is 0.434 e. The van der Waals surface area contributed by atoms with Crippen molar-refractivity contribution in [1.29, 1.82) is 0 Å². The molecule has 0 unspecified atom stereocenters. The minimum atomic E-state index is -4.65. The number of hydrogen-bond donors (Lipinski definition) is 0. The van der Waals surface area contributed by atoms with Gasteiger partial charge < -0.3 is 9.30 Å². The average molecular weight is 375 g/mol. The van der Waals surface area contributed by atoms with E-state index in [0.29, 0.717) is 6.61 Å². The Bertz CT molecular complexity index is 743. The molecule has 0 fully saturated rings. The summed E-state index contributed by atoms with van der Waals surface area (Å²) in [6, 6.07) is 0.985. The molecule has 0 aliphatic rings. The summed E-state index contributed by atoms with van der Waals surface area (Å²) in [5.74, 6) is -0.301. The Labute approximate surface area is 146 Å². The molecule has 4 nitrogen and oxygen atoms in total. The van der Waals surface area contributed by atoms with E-state index in [1.54, 1.807) is 0 Å². The lowest BCUT2D eigenvalue weighted by Crippen LogP contribution is -2.12. The highest BCUT2D eigenvalue weighted by molar-refractivity contribution is 8.32. The van der Waals surface area contributed by atoms with Crippen molar-refractivity contribution in [2.75, 3.05) is 31.1 Å². The molecule has 10 heteroatoms. The number of halogens is 4. The third-order valence-corrected chi connectivity index (χ3v) is 4.60. The zero-order valence-corrected chi connectivity index (χ0v) is 14.9. The van der Waals surface area contributed by atoms with Crippen molar-refractivity contribution in [2.24, 2.45) is 0 Å². The van der Waals surface area contributed by atoms with E-state index in [1.165, 1.54) is 0 Å². The molecule has 0 saturated heterocycles. The van der Waals surface area contributed by atoms with E-state index in [4.69, 9.17) is 12.6 Å². The second-order valence-corrected chi connectivity index (χ2v) is 10.9. The molecule has 0 amide bonds. The van der Waals surface area contributed by atoms with Crippen LogP contribution in [0.4, 0.5) is 17.6 Å². The van der Waals surface area contributed by atoms with Crippen LogP contribution in [-0.4, -0.2) is 53.5 Å². The molecule has 2 radical (unpaired) electrons. The minimum absolute atomic E-state index is 0.0693. The van der Waals surface area contributed by atoms with Crippen LogP contribution in [-0.2, 0) is 17.6 Å². The smallest absolute Gasteiger partial charge is 0.360 e. The number of nitrogens with zero attached hydrogens (tertiary/aromatic N) is 3. The molecule has 0 atom stereocenters. The van der Waals surface area contributed by atoms with Gasteiger partial charge in [-0.25, -0.2) is 19.4 Å². The summed E-state index contributed by atoms with van der Waals surface area (Å²) in [4.78, 5) is 7.26. The number of hydrogen-bond acceptors (Lipinski definition) is 3. The van der Waals surface area contributed by atoms with Gasteiger partial charge in [0.25, 0.3) is 0 Å². The Kier molecular flexibility index (Phi) is 5.83. The number of ether oxygens (including phenoxy) is 1. The molecule has 0 bridgehead atoms. The molecule has 0 aromatic carbocycles. The van der Waals surface area contributed by atoms with Crippen LogP contribution in [0.2, 0.25) is 0 Å². The van der Waals surface area contributed by atoms with Gasteiger partial charge in [-0.3, -0.25) is 4.98 Å². The van der Waals surface area contributed by atoms with Gasteiger partial charge in [-0.15, -0.1) is 0 Å². The fourth-order valence-corrected chi connectivity index (χ4v) is 2.55. The summed E-state index contributed by atoms with van der Waals surface area (Å²) in [7, 11) is 4.64. The molecule has 0 aliphatic carbocycles. The van der Waals surface area contributed by atoms with E-state index in [2.05, 4.69) is 28.7 Å². The highest BCUT2D eigenvalue weighted by atomic mass is 32.3. The molecule has 0 N–H and O–H groups in total. The van der Waals surface area contributed by atoms with Crippen molar-refractivity contribution in [3.8, 4) is 11.5 Å². The molecule has 2 aromatic rings. The van der Waals surface area contributed by atoms with E-state index in [-0.39, 0.29) is 23.7 Å². The van der Waals surface area contributed by atoms with Crippen molar-refractivity contribution in [2.45, 2.75) is 12.9 Å². The van der Waals surface area contributed by atoms with Crippen LogP contribution in [0, 0.1) is 5.82 Å². The first-order valence-corrected chi connectivity index (χ1v) is 10.3. The normalized spacial score (nSPS) is 13.2. The number of alkyl halides is 3. The minimum Gasteiger partial charge on any atom is -0.360 e. The second kappa shape index (κ2) is 7.37. The first kappa shape index (κ1) is 19.8. The van der Waals surface area contributed by atoms with Gasteiger partial charge in [-0.2, -0.15) is 13.2 Å². The van der Waals surface area contributed by atoms with Crippen molar-refractivity contribution in [1.82, 2.24) is 14.5 Å². The van der Waals surface area contributed by atoms with Crippen LogP contribution in [0.5, 0.6) is 0 Å². The van der Waals surface area contributed by atoms with Gasteiger partial charge in [-0.1, -0.05) is 5.46 Å². The van der Waals surface area contributed by atoms with E-state index >= 15 is 0 Å². The van der Waals surface area contributed by atoms with Crippen LogP contribution < -0.4 is 5.46 Å². The van der Waals surface area contributed by atoms with Gasteiger partial charge >= 0.3 is 6.18 Å². The van der Waals surface area contributed by atoms with E-state index < -0.39 is 27.7 Å². The monoisotopic (exact) mass is 375 g/mol. The number of rotatable bonds is 6. The SMILES string of the molecule is [B]c1cnc(-c2nc(C(F)(F)F)cn2COCCS(C)(C)C)c(F)c1. The van der Waals surface area contributed by atoms with Crippen molar-refractivity contribution < 1.29 is 22.3 Å². The summed E-state index contributed by atoms with van der Waals surface area (Å²) in [6.07, 6.45) is 3.61. The molecular formula is C15H18BF4N3OS. The standard InChI is InChI=1S/C15H18BF4N3OS/c1-25(2,3)5-4-24-9-23-8-12(15(18,19)20)22-14(23)13-11(17)6-10(16)7-21-13/h6-8H,4-5,9H2,1-3H3. The molecule has 25 heavy (non-hydrogen) atoms.